The zero-order valence-corrected chi connectivity index (χ0v) is 14.5. The van der Waals surface area contributed by atoms with Crippen molar-refractivity contribution >= 4 is 39.1 Å². The lowest BCUT2D eigenvalue weighted by molar-refractivity contribution is 0.401. The van der Waals surface area contributed by atoms with E-state index in [9.17, 15) is 4.39 Å². The van der Waals surface area contributed by atoms with E-state index in [-0.39, 0.29) is 11.9 Å². The standard InChI is InChI=1S/C15H13BrCl2FNO/c1-20-15(8-3-9(17)5-10(18)4-8)11-6-12(16)13(19)7-14(11)21-2/h3-7,15,20H,1-2H3. The van der Waals surface area contributed by atoms with E-state index in [0.717, 1.165) is 11.1 Å². The van der Waals surface area contributed by atoms with Gasteiger partial charge in [-0.1, -0.05) is 23.2 Å². The smallest absolute Gasteiger partial charge is 0.141 e. The molecule has 2 aromatic rings. The van der Waals surface area contributed by atoms with E-state index in [1.807, 2.05) is 12.1 Å². The first-order valence-electron chi connectivity index (χ1n) is 6.12. The third kappa shape index (κ3) is 3.69. The second-order valence-corrected chi connectivity index (χ2v) is 6.16. The van der Waals surface area contributed by atoms with Gasteiger partial charge >= 0.3 is 0 Å². The molecule has 0 heterocycles. The van der Waals surface area contributed by atoms with Crippen LogP contribution in [0.5, 0.6) is 5.75 Å². The summed E-state index contributed by atoms with van der Waals surface area (Å²) in [5, 5.41) is 4.25. The van der Waals surface area contributed by atoms with Crippen molar-refractivity contribution in [2.45, 2.75) is 6.04 Å². The van der Waals surface area contributed by atoms with Gasteiger partial charge in [0, 0.05) is 21.7 Å². The van der Waals surface area contributed by atoms with Crippen LogP contribution < -0.4 is 10.1 Å². The molecule has 112 valence electrons. The molecule has 2 rings (SSSR count). The van der Waals surface area contributed by atoms with Gasteiger partial charge in [0.1, 0.15) is 11.6 Å². The van der Waals surface area contributed by atoms with Gasteiger partial charge in [-0.2, -0.15) is 0 Å². The molecular formula is C15H13BrCl2FNO. The number of methoxy groups -OCH3 is 1. The molecule has 2 nitrogen and oxygen atoms in total. The van der Waals surface area contributed by atoms with Crippen LogP contribution in [0, 0.1) is 5.82 Å². The van der Waals surface area contributed by atoms with Crippen LogP contribution >= 0.6 is 39.1 Å². The summed E-state index contributed by atoms with van der Waals surface area (Å²) >= 11 is 15.3. The minimum absolute atomic E-state index is 0.229. The highest BCUT2D eigenvalue weighted by Gasteiger charge is 2.20. The molecule has 0 amide bonds. The Morgan fingerprint density at radius 3 is 2.29 bits per heavy atom. The van der Waals surface area contributed by atoms with Crippen molar-refractivity contribution in [3.8, 4) is 5.75 Å². The zero-order chi connectivity index (χ0) is 15.6. The molecule has 1 unspecified atom stereocenters. The molecule has 0 radical (unpaired) electrons. The third-order valence-corrected chi connectivity index (χ3v) is 4.13. The molecule has 0 fully saturated rings. The average molecular weight is 393 g/mol. The van der Waals surface area contributed by atoms with E-state index in [2.05, 4.69) is 21.2 Å². The maximum Gasteiger partial charge on any atom is 0.141 e. The van der Waals surface area contributed by atoms with Gasteiger partial charge in [0.05, 0.1) is 17.6 Å². The van der Waals surface area contributed by atoms with Gasteiger partial charge in [-0.3, -0.25) is 0 Å². The predicted molar refractivity (Wildman–Crippen MR) is 88.0 cm³/mol. The lowest BCUT2D eigenvalue weighted by atomic mass is 9.98. The minimum atomic E-state index is -0.380. The Kier molecular flexibility index (Phi) is 5.49. The van der Waals surface area contributed by atoms with Crippen molar-refractivity contribution in [1.29, 1.82) is 0 Å². The maximum absolute atomic E-state index is 13.7. The van der Waals surface area contributed by atoms with Gasteiger partial charge < -0.3 is 10.1 Å². The Balaban J connectivity index is 2.58. The molecule has 0 aliphatic rings. The Morgan fingerprint density at radius 1 is 1.14 bits per heavy atom. The molecule has 1 atom stereocenters. The summed E-state index contributed by atoms with van der Waals surface area (Å²) < 4.78 is 19.3. The first-order chi connectivity index (χ1) is 9.96. The van der Waals surface area contributed by atoms with Crippen LogP contribution in [-0.4, -0.2) is 14.2 Å². The maximum atomic E-state index is 13.7. The van der Waals surface area contributed by atoms with E-state index >= 15 is 0 Å². The van der Waals surface area contributed by atoms with Crippen molar-refractivity contribution in [3.63, 3.8) is 0 Å². The van der Waals surface area contributed by atoms with E-state index < -0.39 is 0 Å². The predicted octanol–water partition coefficient (Wildman–Crippen LogP) is 5.21. The number of nitrogens with one attached hydrogen (secondary N) is 1. The van der Waals surface area contributed by atoms with Crippen molar-refractivity contribution in [1.82, 2.24) is 5.32 Å². The summed E-state index contributed by atoms with van der Waals surface area (Å²) in [6.07, 6.45) is 0. The average Bonchev–Trinajstić information content (AvgIpc) is 2.42. The van der Waals surface area contributed by atoms with Crippen LogP contribution in [0.2, 0.25) is 10.0 Å². The van der Waals surface area contributed by atoms with Crippen LogP contribution in [0.15, 0.2) is 34.8 Å². The number of benzene rings is 2. The molecule has 1 N–H and O–H groups in total. The summed E-state index contributed by atoms with van der Waals surface area (Å²) in [5.74, 6) is 0.0701. The summed E-state index contributed by atoms with van der Waals surface area (Å²) in [6.45, 7) is 0. The SMILES string of the molecule is CNC(c1cc(Cl)cc(Cl)c1)c1cc(Br)c(F)cc1OC. The second-order valence-electron chi connectivity index (χ2n) is 4.43. The van der Waals surface area contributed by atoms with Crippen molar-refractivity contribution in [2.24, 2.45) is 0 Å². The molecule has 0 bridgehead atoms. The summed E-state index contributed by atoms with van der Waals surface area (Å²) in [4.78, 5) is 0. The second kappa shape index (κ2) is 6.97. The molecule has 0 aliphatic carbocycles. The van der Waals surface area contributed by atoms with Gasteiger partial charge in [0.2, 0.25) is 0 Å². The van der Waals surface area contributed by atoms with E-state index in [0.29, 0.717) is 20.3 Å². The number of hydrogen-bond acceptors (Lipinski definition) is 2. The van der Waals surface area contributed by atoms with Crippen molar-refractivity contribution in [2.75, 3.05) is 14.2 Å². The van der Waals surface area contributed by atoms with Crippen LogP contribution in [0.4, 0.5) is 4.39 Å². The summed E-state index contributed by atoms with van der Waals surface area (Å²) in [6, 6.07) is 8.08. The number of rotatable bonds is 4. The molecule has 0 saturated carbocycles. The van der Waals surface area contributed by atoms with E-state index in [1.54, 1.807) is 19.2 Å². The number of halogens is 4. The Bertz CT molecular complexity index is 646. The molecule has 0 saturated heterocycles. The summed E-state index contributed by atoms with van der Waals surface area (Å²) in [7, 11) is 3.31. The van der Waals surface area contributed by atoms with Gasteiger partial charge in [0.25, 0.3) is 0 Å². The lowest BCUT2D eigenvalue weighted by Gasteiger charge is -2.21. The molecule has 0 aliphatic heterocycles. The molecule has 0 aromatic heterocycles. The summed E-state index contributed by atoms with van der Waals surface area (Å²) in [5.41, 5.74) is 1.65. The number of hydrogen-bond donors (Lipinski definition) is 1. The fraction of sp³-hybridized carbons (Fsp3) is 0.200. The van der Waals surface area contributed by atoms with Gasteiger partial charge in [0.15, 0.2) is 0 Å². The lowest BCUT2D eigenvalue weighted by Crippen LogP contribution is -2.18. The highest BCUT2D eigenvalue weighted by Crippen LogP contribution is 2.35. The fourth-order valence-electron chi connectivity index (χ4n) is 2.19. The molecule has 0 spiro atoms. The quantitative estimate of drug-likeness (QED) is 0.770. The molecule has 2 aromatic carbocycles. The molecular weight excluding hydrogens is 380 g/mol. The minimum Gasteiger partial charge on any atom is -0.496 e. The molecule has 6 heteroatoms. The Labute approximate surface area is 141 Å². The monoisotopic (exact) mass is 391 g/mol. The van der Waals surface area contributed by atoms with Crippen LogP contribution in [0.25, 0.3) is 0 Å². The first kappa shape index (κ1) is 16.6. The first-order valence-corrected chi connectivity index (χ1v) is 7.67. The molecule has 21 heavy (non-hydrogen) atoms. The largest absolute Gasteiger partial charge is 0.496 e. The van der Waals surface area contributed by atoms with Crippen molar-refractivity contribution < 1.29 is 9.13 Å². The normalized spacial score (nSPS) is 12.3. The topological polar surface area (TPSA) is 21.3 Å². The zero-order valence-electron chi connectivity index (χ0n) is 11.4. The fourth-order valence-corrected chi connectivity index (χ4v) is 3.09. The third-order valence-electron chi connectivity index (χ3n) is 3.09. The van der Waals surface area contributed by atoms with Crippen LogP contribution in [-0.2, 0) is 0 Å². The van der Waals surface area contributed by atoms with Gasteiger partial charge in [-0.25, -0.2) is 4.39 Å². The number of ether oxygens (including phenoxy) is 1. The van der Waals surface area contributed by atoms with E-state index in [4.69, 9.17) is 27.9 Å². The Hall–Kier alpha value is -0.810. The highest BCUT2D eigenvalue weighted by molar-refractivity contribution is 9.10. The Morgan fingerprint density at radius 2 is 1.76 bits per heavy atom. The van der Waals surface area contributed by atoms with Crippen molar-refractivity contribution in [3.05, 3.63) is 61.8 Å². The highest BCUT2D eigenvalue weighted by atomic mass is 79.9. The van der Waals surface area contributed by atoms with Gasteiger partial charge in [-0.15, -0.1) is 0 Å². The van der Waals surface area contributed by atoms with Gasteiger partial charge in [-0.05, 0) is 52.8 Å². The van der Waals surface area contributed by atoms with Crippen LogP contribution in [0.3, 0.4) is 0 Å². The van der Waals surface area contributed by atoms with Crippen LogP contribution in [0.1, 0.15) is 17.2 Å². The van der Waals surface area contributed by atoms with E-state index in [1.165, 1.54) is 13.2 Å².